The standard InChI is InChI=1S/C27H18F4N2O/c28-22-6-1-4-19(16-22)23(18-10-12-21(13-11-18)27(29,30)31)7-3-9-26(34)33-25-8-2-5-20-17-32-15-14-24(20)25/h1-17H,(H,33,34). The van der Waals surface area contributed by atoms with Gasteiger partial charge in [0.25, 0.3) is 0 Å². The molecule has 0 unspecified atom stereocenters. The van der Waals surface area contributed by atoms with E-state index in [1.165, 1.54) is 42.5 Å². The van der Waals surface area contributed by atoms with Crippen molar-refractivity contribution in [2.45, 2.75) is 6.18 Å². The van der Waals surface area contributed by atoms with Crippen molar-refractivity contribution in [2.75, 3.05) is 5.32 Å². The zero-order chi connectivity index (χ0) is 24.1. The molecule has 0 aliphatic rings. The quantitative estimate of drug-likeness (QED) is 0.197. The first-order valence-corrected chi connectivity index (χ1v) is 10.3. The summed E-state index contributed by atoms with van der Waals surface area (Å²) in [5.74, 6) is -0.881. The first kappa shape index (κ1) is 22.9. The van der Waals surface area contributed by atoms with Crippen LogP contribution in [0.1, 0.15) is 16.7 Å². The van der Waals surface area contributed by atoms with E-state index in [1.807, 2.05) is 6.07 Å². The fourth-order valence-corrected chi connectivity index (χ4v) is 3.49. The molecule has 1 amide bonds. The Hall–Kier alpha value is -4.26. The highest BCUT2D eigenvalue weighted by molar-refractivity contribution is 6.06. The minimum Gasteiger partial charge on any atom is -0.322 e. The number of carbonyl (C=O) groups is 1. The zero-order valence-electron chi connectivity index (χ0n) is 17.7. The van der Waals surface area contributed by atoms with E-state index < -0.39 is 23.5 Å². The van der Waals surface area contributed by atoms with Crippen LogP contribution < -0.4 is 5.32 Å². The molecular formula is C27H18F4N2O. The SMILES string of the molecule is O=C(C=CC=C(c1ccc(C(F)(F)F)cc1)c1cccc(F)c1)Nc1cccc2cnccc12. The molecule has 0 aliphatic carbocycles. The summed E-state index contributed by atoms with van der Waals surface area (Å²) in [6, 6.07) is 17.5. The van der Waals surface area contributed by atoms with Gasteiger partial charge in [-0.1, -0.05) is 48.6 Å². The van der Waals surface area contributed by atoms with E-state index in [0.717, 1.165) is 22.9 Å². The summed E-state index contributed by atoms with van der Waals surface area (Å²) in [4.78, 5) is 16.6. The van der Waals surface area contributed by atoms with Gasteiger partial charge in [0.15, 0.2) is 0 Å². The summed E-state index contributed by atoms with van der Waals surface area (Å²) in [6.45, 7) is 0. The number of hydrogen-bond acceptors (Lipinski definition) is 2. The summed E-state index contributed by atoms with van der Waals surface area (Å²) < 4.78 is 52.6. The molecule has 1 aromatic heterocycles. The molecule has 3 aromatic carbocycles. The highest BCUT2D eigenvalue weighted by Crippen LogP contribution is 2.31. The van der Waals surface area contributed by atoms with Crippen molar-refractivity contribution in [3.05, 3.63) is 126 Å². The molecule has 1 N–H and O–H groups in total. The molecule has 3 nitrogen and oxygen atoms in total. The summed E-state index contributed by atoms with van der Waals surface area (Å²) in [6.07, 6.45) is 3.19. The number of amides is 1. The van der Waals surface area contributed by atoms with Gasteiger partial charge in [0.2, 0.25) is 5.91 Å². The predicted molar refractivity (Wildman–Crippen MR) is 124 cm³/mol. The zero-order valence-corrected chi connectivity index (χ0v) is 17.7. The maximum Gasteiger partial charge on any atom is 0.416 e. The van der Waals surface area contributed by atoms with Crippen LogP contribution in [0.4, 0.5) is 23.2 Å². The second-order valence-electron chi connectivity index (χ2n) is 7.42. The summed E-state index contributed by atoms with van der Waals surface area (Å²) in [5, 5.41) is 4.51. The van der Waals surface area contributed by atoms with Gasteiger partial charge >= 0.3 is 6.18 Å². The van der Waals surface area contributed by atoms with Crippen LogP contribution in [-0.4, -0.2) is 10.9 Å². The molecule has 7 heteroatoms. The van der Waals surface area contributed by atoms with E-state index in [4.69, 9.17) is 0 Å². The fourth-order valence-electron chi connectivity index (χ4n) is 3.49. The molecular weight excluding hydrogens is 444 g/mol. The highest BCUT2D eigenvalue weighted by Gasteiger charge is 2.30. The molecule has 4 rings (SSSR count). The van der Waals surface area contributed by atoms with Crippen LogP contribution in [0.3, 0.4) is 0 Å². The van der Waals surface area contributed by atoms with Gasteiger partial charge in [-0.25, -0.2) is 4.39 Å². The van der Waals surface area contributed by atoms with E-state index in [2.05, 4.69) is 10.3 Å². The first-order valence-electron chi connectivity index (χ1n) is 10.3. The third kappa shape index (κ3) is 5.38. The number of nitrogens with one attached hydrogen (secondary N) is 1. The molecule has 0 saturated heterocycles. The van der Waals surface area contributed by atoms with E-state index >= 15 is 0 Å². The number of nitrogens with zero attached hydrogens (tertiary/aromatic N) is 1. The number of anilines is 1. The van der Waals surface area contributed by atoms with Crippen LogP contribution in [0.5, 0.6) is 0 Å². The number of aromatic nitrogens is 1. The number of allylic oxidation sites excluding steroid dienone is 2. The molecule has 0 bridgehead atoms. The van der Waals surface area contributed by atoms with Gasteiger partial charge < -0.3 is 5.32 Å². The number of rotatable bonds is 5. The van der Waals surface area contributed by atoms with E-state index in [0.29, 0.717) is 22.4 Å². The van der Waals surface area contributed by atoms with E-state index in [1.54, 1.807) is 42.7 Å². The Bertz CT molecular complexity index is 1380. The lowest BCUT2D eigenvalue weighted by atomic mass is 9.96. The van der Waals surface area contributed by atoms with Crippen LogP contribution >= 0.6 is 0 Å². The third-order valence-corrected chi connectivity index (χ3v) is 5.11. The van der Waals surface area contributed by atoms with Crippen molar-refractivity contribution in [1.29, 1.82) is 0 Å². The van der Waals surface area contributed by atoms with Gasteiger partial charge in [-0.15, -0.1) is 0 Å². The number of halogens is 4. The monoisotopic (exact) mass is 462 g/mol. The van der Waals surface area contributed by atoms with Gasteiger partial charge in [0, 0.05) is 34.9 Å². The third-order valence-electron chi connectivity index (χ3n) is 5.11. The van der Waals surface area contributed by atoms with Crippen molar-refractivity contribution < 1.29 is 22.4 Å². The summed E-state index contributed by atoms with van der Waals surface area (Å²) in [5.41, 5.74) is 1.21. The topological polar surface area (TPSA) is 42.0 Å². The Morgan fingerprint density at radius 2 is 1.68 bits per heavy atom. The second kappa shape index (κ2) is 9.70. The lowest BCUT2D eigenvalue weighted by molar-refractivity contribution is -0.137. The smallest absolute Gasteiger partial charge is 0.322 e. The maximum atomic E-state index is 13.8. The fraction of sp³-hybridized carbons (Fsp3) is 0.0370. The van der Waals surface area contributed by atoms with Crippen molar-refractivity contribution in [2.24, 2.45) is 0 Å². The molecule has 0 spiro atoms. The Morgan fingerprint density at radius 1 is 0.912 bits per heavy atom. The Balaban J connectivity index is 1.62. The average Bonchev–Trinajstić information content (AvgIpc) is 2.82. The Labute approximate surface area is 193 Å². The molecule has 0 radical (unpaired) electrons. The summed E-state index contributed by atoms with van der Waals surface area (Å²) >= 11 is 0. The van der Waals surface area contributed by atoms with Gasteiger partial charge in [-0.2, -0.15) is 13.2 Å². The molecule has 34 heavy (non-hydrogen) atoms. The number of pyridine rings is 1. The largest absolute Gasteiger partial charge is 0.416 e. The van der Waals surface area contributed by atoms with E-state index in [-0.39, 0.29) is 0 Å². The van der Waals surface area contributed by atoms with Crippen molar-refractivity contribution in [1.82, 2.24) is 4.98 Å². The van der Waals surface area contributed by atoms with Gasteiger partial charge in [-0.3, -0.25) is 9.78 Å². The van der Waals surface area contributed by atoms with Crippen LogP contribution in [0, 0.1) is 5.82 Å². The minimum absolute atomic E-state index is 0.397. The molecule has 170 valence electrons. The van der Waals surface area contributed by atoms with Crippen molar-refractivity contribution in [3.63, 3.8) is 0 Å². The maximum absolute atomic E-state index is 13.8. The molecule has 0 fully saturated rings. The number of benzene rings is 3. The number of hydrogen-bond donors (Lipinski definition) is 1. The summed E-state index contributed by atoms with van der Waals surface area (Å²) in [7, 11) is 0. The second-order valence-corrected chi connectivity index (χ2v) is 7.42. The first-order chi connectivity index (χ1) is 16.3. The predicted octanol–water partition coefficient (Wildman–Crippen LogP) is 7.02. The number of fused-ring (bicyclic) bond motifs is 1. The van der Waals surface area contributed by atoms with Gasteiger partial charge in [0.1, 0.15) is 5.82 Å². The minimum atomic E-state index is -4.46. The van der Waals surface area contributed by atoms with Crippen molar-refractivity contribution in [3.8, 4) is 0 Å². The molecule has 0 saturated carbocycles. The molecule has 4 aromatic rings. The van der Waals surface area contributed by atoms with Crippen molar-refractivity contribution >= 4 is 27.9 Å². The highest BCUT2D eigenvalue weighted by atomic mass is 19.4. The van der Waals surface area contributed by atoms with Crippen LogP contribution in [0.2, 0.25) is 0 Å². The lowest BCUT2D eigenvalue weighted by Gasteiger charge is -2.11. The number of carbonyl (C=O) groups excluding carboxylic acids is 1. The van der Waals surface area contributed by atoms with E-state index in [9.17, 15) is 22.4 Å². The van der Waals surface area contributed by atoms with Crippen LogP contribution in [0.25, 0.3) is 16.3 Å². The molecule has 0 aliphatic heterocycles. The lowest BCUT2D eigenvalue weighted by Crippen LogP contribution is -2.08. The molecule has 0 atom stereocenters. The van der Waals surface area contributed by atoms with Crippen LogP contribution in [-0.2, 0) is 11.0 Å². The Morgan fingerprint density at radius 3 is 2.41 bits per heavy atom. The van der Waals surface area contributed by atoms with Gasteiger partial charge in [-0.05, 0) is 53.1 Å². The molecule has 1 heterocycles. The Kier molecular flexibility index (Phi) is 6.54. The number of alkyl halides is 3. The average molecular weight is 462 g/mol. The van der Waals surface area contributed by atoms with Crippen LogP contribution in [0.15, 0.2) is 103 Å². The normalized spacial score (nSPS) is 12.3. The van der Waals surface area contributed by atoms with Gasteiger partial charge in [0.05, 0.1) is 5.56 Å².